The van der Waals surface area contributed by atoms with Gasteiger partial charge in [-0.15, -0.1) is 0 Å². The largest absolute Gasteiger partial charge is 0.480 e. The lowest BCUT2D eigenvalue weighted by Crippen LogP contribution is -2.42. The van der Waals surface area contributed by atoms with Gasteiger partial charge in [-0.1, -0.05) is 28.8 Å². The molecule has 1 aromatic rings. The Balaban J connectivity index is 2.18. The van der Waals surface area contributed by atoms with Crippen molar-refractivity contribution in [1.82, 2.24) is 4.90 Å². The summed E-state index contributed by atoms with van der Waals surface area (Å²) in [5.74, 6) is -1.15. The molecule has 0 bridgehead atoms. The van der Waals surface area contributed by atoms with Crippen molar-refractivity contribution < 1.29 is 14.7 Å². The van der Waals surface area contributed by atoms with Crippen LogP contribution in [-0.2, 0) is 4.79 Å². The number of carbonyl (C=O) groups excluding carboxylic acids is 1. The van der Waals surface area contributed by atoms with Gasteiger partial charge in [0, 0.05) is 16.1 Å². The van der Waals surface area contributed by atoms with Crippen molar-refractivity contribution in [3.63, 3.8) is 0 Å². The highest BCUT2D eigenvalue weighted by molar-refractivity contribution is 9.10. The van der Waals surface area contributed by atoms with E-state index in [2.05, 4.69) is 15.9 Å². The number of halogens is 1. The number of amides is 1. The SMILES string of the molecule is O=C(O)CN(C(=O)c1ccc(Br)cc1)C1CCCC1. The third kappa shape index (κ3) is 3.56. The molecule has 1 N–H and O–H groups in total. The molecule has 0 unspecified atom stereocenters. The zero-order valence-corrected chi connectivity index (χ0v) is 12.1. The van der Waals surface area contributed by atoms with Gasteiger partial charge < -0.3 is 10.0 Å². The Kier molecular flexibility index (Phi) is 4.58. The fraction of sp³-hybridized carbons (Fsp3) is 0.429. The Morgan fingerprint density at radius 1 is 1.21 bits per heavy atom. The van der Waals surface area contributed by atoms with Crippen molar-refractivity contribution in [2.24, 2.45) is 0 Å². The Bertz CT molecular complexity index is 466. The molecule has 5 heteroatoms. The molecule has 0 aromatic heterocycles. The molecule has 0 atom stereocenters. The van der Waals surface area contributed by atoms with Crippen molar-refractivity contribution >= 4 is 27.8 Å². The number of nitrogens with zero attached hydrogens (tertiary/aromatic N) is 1. The number of hydrogen-bond donors (Lipinski definition) is 1. The van der Waals surface area contributed by atoms with Gasteiger partial charge in [0.25, 0.3) is 5.91 Å². The number of rotatable bonds is 4. The summed E-state index contributed by atoms with van der Waals surface area (Å²) in [7, 11) is 0. The third-order valence-corrected chi connectivity index (χ3v) is 3.95. The molecule has 1 saturated carbocycles. The minimum Gasteiger partial charge on any atom is -0.480 e. The van der Waals surface area contributed by atoms with E-state index in [4.69, 9.17) is 5.11 Å². The van der Waals surface area contributed by atoms with E-state index in [0.29, 0.717) is 5.56 Å². The maximum absolute atomic E-state index is 12.4. The smallest absolute Gasteiger partial charge is 0.323 e. The van der Waals surface area contributed by atoms with Crippen molar-refractivity contribution in [2.75, 3.05) is 6.54 Å². The van der Waals surface area contributed by atoms with E-state index in [-0.39, 0.29) is 18.5 Å². The third-order valence-electron chi connectivity index (χ3n) is 3.42. The molecular weight excluding hydrogens is 310 g/mol. The minimum atomic E-state index is -0.961. The van der Waals surface area contributed by atoms with E-state index in [1.54, 1.807) is 24.3 Å². The van der Waals surface area contributed by atoms with Gasteiger partial charge in [0.1, 0.15) is 6.54 Å². The van der Waals surface area contributed by atoms with Crippen LogP contribution in [0.5, 0.6) is 0 Å². The number of carbonyl (C=O) groups is 2. The molecule has 1 fully saturated rings. The molecule has 2 rings (SSSR count). The number of carboxylic acids is 1. The average molecular weight is 326 g/mol. The van der Waals surface area contributed by atoms with Crippen molar-refractivity contribution in [1.29, 1.82) is 0 Å². The zero-order valence-electron chi connectivity index (χ0n) is 10.5. The van der Waals surface area contributed by atoms with Crippen LogP contribution in [0.4, 0.5) is 0 Å². The Hall–Kier alpha value is -1.36. The molecule has 1 aromatic carbocycles. The van der Waals surface area contributed by atoms with Crippen LogP contribution >= 0.6 is 15.9 Å². The Labute approximate surface area is 120 Å². The number of hydrogen-bond acceptors (Lipinski definition) is 2. The Morgan fingerprint density at radius 2 is 1.79 bits per heavy atom. The number of carboxylic acid groups (broad SMARTS) is 1. The quantitative estimate of drug-likeness (QED) is 0.925. The van der Waals surface area contributed by atoms with Gasteiger partial charge in [-0.3, -0.25) is 9.59 Å². The van der Waals surface area contributed by atoms with E-state index >= 15 is 0 Å². The van der Waals surface area contributed by atoms with Crippen LogP contribution in [0.2, 0.25) is 0 Å². The molecule has 0 heterocycles. The van der Waals surface area contributed by atoms with E-state index in [0.717, 1.165) is 30.2 Å². The highest BCUT2D eigenvalue weighted by atomic mass is 79.9. The molecule has 0 saturated heterocycles. The standard InChI is InChI=1S/C14H16BrNO3/c15-11-7-5-10(6-8-11)14(19)16(9-13(17)18)12-3-1-2-4-12/h5-8,12H,1-4,9H2,(H,17,18). The highest BCUT2D eigenvalue weighted by Gasteiger charge is 2.28. The van der Waals surface area contributed by atoms with Gasteiger partial charge >= 0.3 is 5.97 Å². The number of benzene rings is 1. The summed E-state index contributed by atoms with van der Waals surface area (Å²) in [6, 6.07) is 7.08. The molecule has 1 aliphatic rings. The van der Waals surface area contributed by atoms with Crippen LogP contribution in [0.1, 0.15) is 36.0 Å². The molecule has 4 nitrogen and oxygen atoms in total. The molecule has 0 spiro atoms. The molecule has 0 aliphatic heterocycles. The average Bonchev–Trinajstić information content (AvgIpc) is 2.89. The van der Waals surface area contributed by atoms with Crippen LogP contribution in [0.3, 0.4) is 0 Å². The van der Waals surface area contributed by atoms with Gasteiger partial charge in [-0.05, 0) is 37.1 Å². The number of aliphatic carboxylic acids is 1. The Morgan fingerprint density at radius 3 is 2.32 bits per heavy atom. The van der Waals surface area contributed by atoms with E-state index in [1.165, 1.54) is 4.90 Å². The first-order chi connectivity index (χ1) is 9.08. The monoisotopic (exact) mass is 325 g/mol. The molecule has 0 radical (unpaired) electrons. The van der Waals surface area contributed by atoms with Gasteiger partial charge in [0.05, 0.1) is 0 Å². The first-order valence-electron chi connectivity index (χ1n) is 6.36. The van der Waals surface area contributed by atoms with Crippen molar-refractivity contribution in [2.45, 2.75) is 31.7 Å². The summed E-state index contributed by atoms with van der Waals surface area (Å²) < 4.78 is 0.898. The fourth-order valence-corrected chi connectivity index (χ4v) is 2.75. The molecular formula is C14H16BrNO3. The second-order valence-electron chi connectivity index (χ2n) is 4.77. The van der Waals surface area contributed by atoms with Crippen LogP contribution in [0.15, 0.2) is 28.7 Å². The topological polar surface area (TPSA) is 57.6 Å². The fourth-order valence-electron chi connectivity index (χ4n) is 2.49. The first-order valence-corrected chi connectivity index (χ1v) is 7.15. The first kappa shape index (κ1) is 14.1. The van der Waals surface area contributed by atoms with Crippen LogP contribution in [0, 0.1) is 0 Å². The molecule has 102 valence electrons. The molecule has 1 aliphatic carbocycles. The summed E-state index contributed by atoms with van der Waals surface area (Å²) in [6.07, 6.45) is 3.92. The van der Waals surface area contributed by atoms with Gasteiger partial charge in [-0.2, -0.15) is 0 Å². The van der Waals surface area contributed by atoms with E-state index in [9.17, 15) is 9.59 Å². The maximum atomic E-state index is 12.4. The lowest BCUT2D eigenvalue weighted by molar-refractivity contribution is -0.138. The minimum absolute atomic E-state index is 0.0623. The molecule has 19 heavy (non-hydrogen) atoms. The van der Waals surface area contributed by atoms with Crippen LogP contribution in [0.25, 0.3) is 0 Å². The van der Waals surface area contributed by atoms with E-state index in [1.807, 2.05) is 0 Å². The molecule has 1 amide bonds. The van der Waals surface area contributed by atoms with Gasteiger partial charge in [0.2, 0.25) is 0 Å². The van der Waals surface area contributed by atoms with Gasteiger partial charge in [0.15, 0.2) is 0 Å². The second kappa shape index (κ2) is 6.19. The lowest BCUT2D eigenvalue weighted by atomic mass is 10.1. The van der Waals surface area contributed by atoms with Gasteiger partial charge in [-0.25, -0.2) is 0 Å². The highest BCUT2D eigenvalue weighted by Crippen LogP contribution is 2.25. The normalized spacial score (nSPS) is 15.4. The van der Waals surface area contributed by atoms with Crippen molar-refractivity contribution in [3.8, 4) is 0 Å². The zero-order chi connectivity index (χ0) is 13.8. The second-order valence-corrected chi connectivity index (χ2v) is 5.69. The maximum Gasteiger partial charge on any atom is 0.323 e. The summed E-state index contributed by atoms with van der Waals surface area (Å²) >= 11 is 3.32. The summed E-state index contributed by atoms with van der Waals surface area (Å²) in [6.45, 7) is -0.223. The summed E-state index contributed by atoms with van der Waals surface area (Å²) in [5.41, 5.74) is 0.538. The summed E-state index contributed by atoms with van der Waals surface area (Å²) in [4.78, 5) is 24.9. The van der Waals surface area contributed by atoms with Crippen molar-refractivity contribution in [3.05, 3.63) is 34.3 Å². The summed E-state index contributed by atoms with van der Waals surface area (Å²) in [5, 5.41) is 8.98. The van der Waals surface area contributed by atoms with E-state index < -0.39 is 5.97 Å². The van der Waals surface area contributed by atoms with Crippen LogP contribution < -0.4 is 0 Å². The lowest BCUT2D eigenvalue weighted by Gasteiger charge is -2.27. The predicted molar refractivity (Wildman–Crippen MR) is 75.1 cm³/mol. The van der Waals surface area contributed by atoms with Crippen LogP contribution in [-0.4, -0.2) is 34.5 Å². The predicted octanol–water partition coefficient (Wildman–Crippen LogP) is 2.92.